The number of hydrogen-bond acceptors (Lipinski definition) is 4. The minimum absolute atomic E-state index is 0.0733. The van der Waals surface area contributed by atoms with E-state index >= 15 is 0 Å². The maximum absolute atomic E-state index is 11.8. The van der Waals surface area contributed by atoms with Crippen LogP contribution >= 0.6 is 0 Å². The van der Waals surface area contributed by atoms with Crippen molar-refractivity contribution in [2.45, 2.75) is 12.8 Å². The van der Waals surface area contributed by atoms with E-state index in [-0.39, 0.29) is 12.3 Å². The van der Waals surface area contributed by atoms with Crippen LogP contribution in [0.15, 0.2) is 24.3 Å². The van der Waals surface area contributed by atoms with Crippen LogP contribution in [0.25, 0.3) is 0 Å². The lowest BCUT2D eigenvalue weighted by Gasteiger charge is -2.16. The third kappa shape index (κ3) is 5.25. The smallest absolute Gasteiger partial charge is 0.308 e. The molecule has 23 heavy (non-hydrogen) atoms. The van der Waals surface area contributed by atoms with E-state index in [9.17, 15) is 9.59 Å². The van der Waals surface area contributed by atoms with Gasteiger partial charge in [0, 0.05) is 26.1 Å². The fraction of sp³-hybridized carbons (Fsp3) is 0.529. The van der Waals surface area contributed by atoms with Crippen LogP contribution in [0.1, 0.15) is 12.0 Å². The number of ether oxygens (including phenoxy) is 1. The third-order valence-electron chi connectivity index (χ3n) is 3.94. The first-order valence-corrected chi connectivity index (χ1v) is 7.83. The number of amides is 1. The zero-order chi connectivity index (χ0) is 16.8. The van der Waals surface area contributed by atoms with E-state index in [1.165, 1.54) is 0 Å². The van der Waals surface area contributed by atoms with E-state index in [4.69, 9.17) is 9.84 Å². The summed E-state index contributed by atoms with van der Waals surface area (Å²) in [6.07, 6.45) is 0.811. The SMILES string of the molecule is CN(C)CCOc1cccc(CCN2CC(C(=O)O)CC2=O)c1. The van der Waals surface area contributed by atoms with Crippen molar-refractivity contribution in [3.63, 3.8) is 0 Å². The molecule has 1 fully saturated rings. The maximum Gasteiger partial charge on any atom is 0.308 e. The van der Waals surface area contributed by atoms with Crippen LogP contribution in [0, 0.1) is 5.92 Å². The van der Waals surface area contributed by atoms with Crippen molar-refractivity contribution in [3.8, 4) is 5.75 Å². The predicted octanol–water partition coefficient (Wildman–Crippen LogP) is 1.10. The number of likely N-dealkylation sites (N-methyl/N-ethyl adjacent to an activating group) is 1. The summed E-state index contributed by atoms with van der Waals surface area (Å²) < 4.78 is 5.70. The van der Waals surface area contributed by atoms with Crippen molar-refractivity contribution in [3.05, 3.63) is 29.8 Å². The number of carbonyl (C=O) groups excluding carboxylic acids is 1. The number of carbonyl (C=O) groups is 2. The maximum atomic E-state index is 11.8. The number of aliphatic carboxylic acids is 1. The largest absolute Gasteiger partial charge is 0.492 e. The molecule has 2 rings (SSSR count). The molecular formula is C17H24N2O4. The summed E-state index contributed by atoms with van der Waals surface area (Å²) in [5, 5.41) is 8.99. The van der Waals surface area contributed by atoms with E-state index in [0.717, 1.165) is 17.9 Å². The van der Waals surface area contributed by atoms with E-state index < -0.39 is 11.9 Å². The molecule has 0 radical (unpaired) electrons. The van der Waals surface area contributed by atoms with Crippen LogP contribution in [-0.2, 0) is 16.0 Å². The fourth-order valence-electron chi connectivity index (χ4n) is 2.55. The molecule has 126 valence electrons. The number of benzene rings is 1. The highest BCUT2D eigenvalue weighted by molar-refractivity contribution is 5.86. The Bertz CT molecular complexity index is 559. The second-order valence-corrected chi connectivity index (χ2v) is 6.13. The van der Waals surface area contributed by atoms with Crippen LogP contribution in [0.4, 0.5) is 0 Å². The average Bonchev–Trinajstić information content (AvgIpc) is 2.87. The minimum Gasteiger partial charge on any atom is -0.492 e. The topological polar surface area (TPSA) is 70.1 Å². The summed E-state index contributed by atoms with van der Waals surface area (Å²) >= 11 is 0. The Hall–Kier alpha value is -2.08. The molecule has 1 N–H and O–H groups in total. The van der Waals surface area contributed by atoms with Gasteiger partial charge in [0.2, 0.25) is 5.91 Å². The quantitative estimate of drug-likeness (QED) is 0.777. The number of likely N-dealkylation sites (tertiary alicyclic amines) is 1. The number of carboxylic acids is 1. The van der Waals surface area contributed by atoms with Gasteiger partial charge in [-0.1, -0.05) is 12.1 Å². The molecule has 1 aromatic carbocycles. The normalized spacial score (nSPS) is 17.8. The Kier molecular flexibility index (Phi) is 5.98. The van der Waals surface area contributed by atoms with Crippen molar-refractivity contribution < 1.29 is 19.4 Å². The molecule has 1 unspecified atom stereocenters. The van der Waals surface area contributed by atoms with E-state index in [2.05, 4.69) is 4.90 Å². The molecule has 0 bridgehead atoms. The van der Waals surface area contributed by atoms with Gasteiger partial charge >= 0.3 is 5.97 Å². The molecule has 0 aromatic heterocycles. The van der Waals surface area contributed by atoms with E-state index in [1.54, 1.807) is 4.90 Å². The number of rotatable bonds is 8. The van der Waals surface area contributed by atoms with Gasteiger partial charge < -0.3 is 19.6 Å². The molecule has 1 saturated heterocycles. The number of hydrogen-bond donors (Lipinski definition) is 1. The zero-order valence-electron chi connectivity index (χ0n) is 13.7. The molecule has 1 aliphatic rings. The lowest BCUT2D eigenvalue weighted by molar-refractivity contribution is -0.141. The summed E-state index contributed by atoms with van der Waals surface area (Å²) in [5.74, 6) is -0.711. The van der Waals surface area contributed by atoms with Crippen molar-refractivity contribution in [2.75, 3.05) is 40.3 Å². The van der Waals surface area contributed by atoms with Crippen molar-refractivity contribution in [1.82, 2.24) is 9.80 Å². The first kappa shape index (κ1) is 17.3. The lowest BCUT2D eigenvalue weighted by Crippen LogP contribution is -2.28. The van der Waals surface area contributed by atoms with Crippen LogP contribution in [0.5, 0.6) is 5.75 Å². The summed E-state index contributed by atoms with van der Waals surface area (Å²) in [5.41, 5.74) is 1.08. The summed E-state index contributed by atoms with van der Waals surface area (Å²) in [4.78, 5) is 26.5. The molecule has 0 aliphatic carbocycles. The van der Waals surface area contributed by atoms with E-state index in [0.29, 0.717) is 26.1 Å². The predicted molar refractivity (Wildman–Crippen MR) is 86.5 cm³/mol. The van der Waals surface area contributed by atoms with Crippen LogP contribution in [0.3, 0.4) is 0 Å². The minimum atomic E-state index is -0.892. The Morgan fingerprint density at radius 3 is 2.87 bits per heavy atom. The zero-order valence-corrected chi connectivity index (χ0v) is 13.7. The standard InChI is InChI=1S/C17H24N2O4/c1-18(2)8-9-23-15-5-3-4-13(10-15)6-7-19-12-14(17(21)22)11-16(19)20/h3-5,10,14H,6-9,11-12H2,1-2H3,(H,21,22). The van der Waals surface area contributed by atoms with Gasteiger partial charge in [-0.05, 0) is 38.2 Å². The second-order valence-electron chi connectivity index (χ2n) is 6.13. The first-order valence-electron chi connectivity index (χ1n) is 7.83. The van der Waals surface area contributed by atoms with Gasteiger partial charge in [0.25, 0.3) is 0 Å². The van der Waals surface area contributed by atoms with Crippen LogP contribution < -0.4 is 4.74 Å². The molecule has 1 aliphatic heterocycles. The molecule has 0 saturated carbocycles. The van der Waals surface area contributed by atoms with Gasteiger partial charge in [0.15, 0.2) is 0 Å². The highest BCUT2D eigenvalue weighted by atomic mass is 16.5. The fourth-order valence-corrected chi connectivity index (χ4v) is 2.55. The van der Waals surface area contributed by atoms with Gasteiger partial charge in [-0.15, -0.1) is 0 Å². The molecule has 1 amide bonds. The Balaban J connectivity index is 1.84. The van der Waals surface area contributed by atoms with Crippen molar-refractivity contribution in [2.24, 2.45) is 5.92 Å². The van der Waals surface area contributed by atoms with Gasteiger partial charge in [-0.25, -0.2) is 0 Å². The van der Waals surface area contributed by atoms with Gasteiger partial charge in [0.05, 0.1) is 5.92 Å². The van der Waals surface area contributed by atoms with Gasteiger partial charge in [-0.2, -0.15) is 0 Å². The molecule has 6 heteroatoms. The number of nitrogens with zero attached hydrogens (tertiary/aromatic N) is 2. The van der Waals surface area contributed by atoms with Crippen molar-refractivity contribution >= 4 is 11.9 Å². The third-order valence-corrected chi connectivity index (χ3v) is 3.94. The van der Waals surface area contributed by atoms with Gasteiger partial charge in [0.1, 0.15) is 12.4 Å². The van der Waals surface area contributed by atoms with E-state index in [1.807, 2.05) is 38.4 Å². The van der Waals surface area contributed by atoms with Crippen LogP contribution in [0.2, 0.25) is 0 Å². The average molecular weight is 320 g/mol. The first-order chi connectivity index (χ1) is 11.0. The van der Waals surface area contributed by atoms with Crippen molar-refractivity contribution in [1.29, 1.82) is 0 Å². The summed E-state index contributed by atoms with van der Waals surface area (Å²) in [6, 6.07) is 7.83. The lowest BCUT2D eigenvalue weighted by atomic mass is 10.1. The monoisotopic (exact) mass is 320 g/mol. The second kappa shape index (κ2) is 7.97. The molecule has 1 heterocycles. The van der Waals surface area contributed by atoms with Crippen LogP contribution in [-0.4, -0.2) is 67.1 Å². The number of carboxylic acid groups (broad SMARTS) is 1. The Labute approximate surface area is 136 Å². The molecule has 6 nitrogen and oxygen atoms in total. The summed E-state index contributed by atoms with van der Waals surface area (Å²) in [7, 11) is 3.99. The highest BCUT2D eigenvalue weighted by Crippen LogP contribution is 2.19. The molecule has 1 aromatic rings. The Morgan fingerprint density at radius 1 is 1.43 bits per heavy atom. The molecule has 1 atom stereocenters. The highest BCUT2D eigenvalue weighted by Gasteiger charge is 2.33. The Morgan fingerprint density at radius 2 is 2.22 bits per heavy atom. The molecule has 0 spiro atoms. The van der Waals surface area contributed by atoms with Gasteiger partial charge in [-0.3, -0.25) is 9.59 Å². The molecular weight excluding hydrogens is 296 g/mol. The summed E-state index contributed by atoms with van der Waals surface area (Å²) in [6.45, 7) is 2.33.